The van der Waals surface area contributed by atoms with Gasteiger partial charge in [0.05, 0.1) is 18.1 Å². The van der Waals surface area contributed by atoms with Crippen molar-refractivity contribution >= 4 is 5.97 Å². The lowest BCUT2D eigenvalue weighted by Gasteiger charge is -2.71. The van der Waals surface area contributed by atoms with E-state index in [1.165, 1.54) is 37.7 Å². The van der Waals surface area contributed by atoms with Gasteiger partial charge in [-0.1, -0.05) is 92.2 Å². The van der Waals surface area contributed by atoms with Gasteiger partial charge in [0.15, 0.2) is 6.79 Å². The number of unbranched alkanes of at least 4 members (excludes halogenated alkanes) is 5. The number of hydrogen-bond donors (Lipinski definition) is 2. The van der Waals surface area contributed by atoms with Gasteiger partial charge in [0, 0.05) is 6.61 Å². The molecular weight excluding hydrogens is 548 g/mol. The fourth-order valence-corrected chi connectivity index (χ4v) is 12.4. The molecule has 5 heteroatoms. The van der Waals surface area contributed by atoms with Crippen molar-refractivity contribution < 1.29 is 24.5 Å². The quantitative estimate of drug-likeness (QED) is 0.105. The Balaban J connectivity index is 1.37. The predicted octanol–water partition coefficient (Wildman–Crippen LogP) is 8.86. The van der Waals surface area contributed by atoms with Gasteiger partial charge in [0.1, 0.15) is 0 Å². The average molecular weight is 615 g/mol. The van der Waals surface area contributed by atoms with E-state index in [0.29, 0.717) is 36.7 Å². The highest BCUT2D eigenvalue weighted by molar-refractivity contribution is 5.78. The highest BCUT2D eigenvalue weighted by Gasteiger charge is 2.69. The maximum atomic E-state index is 14.2. The molecule has 0 unspecified atom stereocenters. The SMILES string of the molecule is CCCCCCCCOCOC(=O)[C@]12CC[C@@H](C)[C@H](C)[C@H]1C1=CC[C@@H]3[C@@]4(C)C[C@H](O)C[C@@](C)(CO)[C@@H]4CC[C@@]3(C)[C@]1(C)CC2. The molecule has 5 nitrogen and oxygen atoms in total. The number of aliphatic hydroxyl groups is 2. The first-order chi connectivity index (χ1) is 20.8. The van der Waals surface area contributed by atoms with Crippen LogP contribution in [-0.4, -0.2) is 42.3 Å². The third-order valence-electron chi connectivity index (χ3n) is 15.2. The molecule has 0 saturated heterocycles. The van der Waals surface area contributed by atoms with Crippen LogP contribution in [0.15, 0.2) is 11.6 Å². The molecule has 0 spiro atoms. The molecule has 5 aliphatic carbocycles. The molecule has 2 N–H and O–H groups in total. The Morgan fingerprint density at radius 2 is 1.66 bits per heavy atom. The van der Waals surface area contributed by atoms with E-state index in [-0.39, 0.29) is 53.1 Å². The van der Waals surface area contributed by atoms with Crippen molar-refractivity contribution in [3.8, 4) is 0 Å². The van der Waals surface area contributed by atoms with Gasteiger partial charge in [-0.2, -0.15) is 0 Å². The summed E-state index contributed by atoms with van der Waals surface area (Å²) in [6.45, 7) is 17.7. The molecule has 5 aliphatic rings. The molecule has 0 amide bonds. The third kappa shape index (κ3) is 5.45. The van der Waals surface area contributed by atoms with Crippen LogP contribution in [0.5, 0.6) is 0 Å². The smallest absolute Gasteiger partial charge is 0.314 e. The van der Waals surface area contributed by atoms with Gasteiger partial charge in [-0.05, 0) is 115 Å². The molecule has 44 heavy (non-hydrogen) atoms. The second kappa shape index (κ2) is 12.9. The summed E-state index contributed by atoms with van der Waals surface area (Å²) in [6, 6.07) is 0. The Kier molecular flexibility index (Phi) is 10.1. The summed E-state index contributed by atoms with van der Waals surface area (Å²) in [4.78, 5) is 14.2. The first-order valence-electron chi connectivity index (χ1n) is 18.6. The fourth-order valence-electron chi connectivity index (χ4n) is 12.4. The standard InChI is InChI=1S/C39H66O5/c1-8-9-10-11-12-13-22-43-26-44-34(42)39-19-16-27(2)28(3)33(39)30-14-15-32-36(5)24-29(41)23-35(4,25-40)31(36)17-18-38(32,7)37(30,6)20-21-39/h14,27-29,31-33,40-41H,8-13,15-26H2,1-7H3/t27-,28+,29-,31+,32-,33+,35+,36+,37-,38-,39+/m1/s1. The second-order valence-corrected chi connectivity index (χ2v) is 17.4. The molecule has 0 radical (unpaired) electrons. The van der Waals surface area contributed by atoms with E-state index in [2.05, 4.69) is 54.5 Å². The summed E-state index contributed by atoms with van der Waals surface area (Å²) in [5, 5.41) is 21.7. The Hall–Kier alpha value is -0.910. The normalized spacial score (nSPS) is 46.6. The Morgan fingerprint density at radius 1 is 0.932 bits per heavy atom. The molecule has 252 valence electrons. The van der Waals surface area contributed by atoms with Crippen LogP contribution in [0.2, 0.25) is 0 Å². The van der Waals surface area contributed by atoms with Crippen LogP contribution in [0.3, 0.4) is 0 Å². The molecule has 0 aromatic heterocycles. The first-order valence-corrected chi connectivity index (χ1v) is 18.6. The molecule has 0 aromatic rings. The number of ether oxygens (including phenoxy) is 2. The van der Waals surface area contributed by atoms with Crippen LogP contribution in [-0.2, 0) is 14.3 Å². The minimum absolute atomic E-state index is 0.00988. The zero-order valence-electron chi connectivity index (χ0n) is 29.4. The van der Waals surface area contributed by atoms with Gasteiger partial charge in [0.2, 0.25) is 0 Å². The molecule has 4 saturated carbocycles. The van der Waals surface area contributed by atoms with E-state index in [4.69, 9.17) is 9.47 Å². The first kappa shape index (κ1) is 34.4. The van der Waals surface area contributed by atoms with Gasteiger partial charge >= 0.3 is 5.97 Å². The lowest BCUT2D eigenvalue weighted by atomic mass is 9.33. The predicted molar refractivity (Wildman–Crippen MR) is 177 cm³/mol. The molecule has 4 fully saturated rings. The molecule has 0 aliphatic heterocycles. The Bertz CT molecular complexity index is 1060. The van der Waals surface area contributed by atoms with Crippen molar-refractivity contribution in [1.82, 2.24) is 0 Å². The van der Waals surface area contributed by atoms with Crippen LogP contribution in [0.25, 0.3) is 0 Å². The van der Waals surface area contributed by atoms with Gasteiger partial charge in [-0.3, -0.25) is 4.79 Å². The van der Waals surface area contributed by atoms with Crippen molar-refractivity contribution in [1.29, 1.82) is 0 Å². The second-order valence-electron chi connectivity index (χ2n) is 17.4. The lowest BCUT2D eigenvalue weighted by molar-refractivity contribution is -0.212. The van der Waals surface area contributed by atoms with Crippen LogP contribution >= 0.6 is 0 Å². The number of hydrogen-bond acceptors (Lipinski definition) is 5. The maximum Gasteiger partial charge on any atom is 0.314 e. The van der Waals surface area contributed by atoms with Crippen molar-refractivity contribution in [3.05, 3.63) is 11.6 Å². The summed E-state index contributed by atoms with van der Waals surface area (Å²) in [7, 11) is 0. The summed E-state index contributed by atoms with van der Waals surface area (Å²) >= 11 is 0. The van der Waals surface area contributed by atoms with Gasteiger partial charge in [0.25, 0.3) is 0 Å². The fraction of sp³-hybridized carbons (Fsp3) is 0.923. The van der Waals surface area contributed by atoms with E-state index >= 15 is 0 Å². The number of rotatable bonds is 11. The van der Waals surface area contributed by atoms with Crippen molar-refractivity contribution in [2.75, 3.05) is 20.0 Å². The molecule has 11 atom stereocenters. The minimum Gasteiger partial charge on any atom is -0.438 e. The van der Waals surface area contributed by atoms with Gasteiger partial charge < -0.3 is 19.7 Å². The van der Waals surface area contributed by atoms with Crippen LogP contribution < -0.4 is 0 Å². The van der Waals surface area contributed by atoms with Crippen LogP contribution in [0.1, 0.15) is 145 Å². The summed E-state index contributed by atoms with van der Waals surface area (Å²) < 4.78 is 11.8. The average Bonchev–Trinajstić information content (AvgIpc) is 2.97. The van der Waals surface area contributed by atoms with Gasteiger partial charge in [-0.25, -0.2) is 0 Å². The van der Waals surface area contributed by atoms with E-state index in [1.54, 1.807) is 0 Å². The van der Waals surface area contributed by atoms with E-state index in [9.17, 15) is 15.0 Å². The highest BCUT2D eigenvalue weighted by Crippen LogP contribution is 2.75. The number of carbonyl (C=O) groups is 1. The van der Waals surface area contributed by atoms with Crippen molar-refractivity contribution in [2.45, 2.75) is 151 Å². The van der Waals surface area contributed by atoms with E-state index in [1.807, 2.05) is 0 Å². The number of allylic oxidation sites excluding steroid dienone is 2. The van der Waals surface area contributed by atoms with Crippen molar-refractivity contribution in [3.63, 3.8) is 0 Å². The maximum absolute atomic E-state index is 14.2. The summed E-state index contributed by atoms with van der Waals surface area (Å²) in [5.41, 5.74) is 0.938. The third-order valence-corrected chi connectivity index (χ3v) is 15.2. The zero-order chi connectivity index (χ0) is 32.0. The largest absolute Gasteiger partial charge is 0.438 e. The monoisotopic (exact) mass is 614 g/mol. The number of carbonyl (C=O) groups excluding carboxylic acids is 1. The number of esters is 1. The topological polar surface area (TPSA) is 76.0 Å². The van der Waals surface area contributed by atoms with Crippen LogP contribution in [0.4, 0.5) is 0 Å². The van der Waals surface area contributed by atoms with Gasteiger partial charge in [-0.15, -0.1) is 0 Å². The Morgan fingerprint density at radius 3 is 2.39 bits per heavy atom. The number of fused-ring (bicyclic) bond motifs is 7. The molecule has 5 rings (SSSR count). The lowest BCUT2D eigenvalue weighted by Crippen LogP contribution is -2.65. The van der Waals surface area contributed by atoms with E-state index < -0.39 is 5.41 Å². The minimum atomic E-state index is -0.457. The molecule has 0 heterocycles. The zero-order valence-corrected chi connectivity index (χ0v) is 29.4. The molecular formula is C39H66O5. The summed E-state index contributed by atoms with van der Waals surface area (Å²) in [6.07, 6.45) is 18.2. The molecule has 0 aromatic carbocycles. The number of aliphatic hydroxyl groups excluding tert-OH is 2. The van der Waals surface area contributed by atoms with E-state index in [0.717, 1.165) is 57.8 Å². The van der Waals surface area contributed by atoms with Crippen molar-refractivity contribution in [2.24, 2.45) is 56.7 Å². The highest BCUT2D eigenvalue weighted by atomic mass is 16.7. The molecule has 0 bridgehead atoms. The summed E-state index contributed by atoms with van der Waals surface area (Å²) in [5.74, 6) is 2.05. The Labute approximate surface area is 269 Å². The van der Waals surface area contributed by atoms with Crippen LogP contribution in [0, 0.1) is 56.7 Å².